The van der Waals surface area contributed by atoms with Gasteiger partial charge < -0.3 is 31.1 Å². The van der Waals surface area contributed by atoms with Crippen molar-refractivity contribution in [3.05, 3.63) is 47.5 Å². The first-order chi connectivity index (χ1) is 19.4. The molecule has 4 amide bonds. The summed E-state index contributed by atoms with van der Waals surface area (Å²) in [5.41, 5.74) is 4.99. The van der Waals surface area contributed by atoms with E-state index < -0.39 is 0 Å². The fraction of sp³-hybridized carbons (Fsp3) is 0.467. The molecule has 0 aromatic heterocycles. The summed E-state index contributed by atoms with van der Waals surface area (Å²) in [6, 6.07) is 11.2. The fourth-order valence-electron chi connectivity index (χ4n) is 4.71. The van der Waals surface area contributed by atoms with Gasteiger partial charge in [0, 0.05) is 63.2 Å². The Morgan fingerprint density at radius 1 is 0.750 bits per heavy atom. The normalized spacial score (nSPS) is 13.2. The molecule has 0 aliphatic heterocycles. The van der Waals surface area contributed by atoms with Crippen LogP contribution >= 0.6 is 0 Å². The summed E-state index contributed by atoms with van der Waals surface area (Å²) in [5, 5.41) is 21.5. The van der Waals surface area contributed by atoms with Crippen LogP contribution in [0, 0.1) is 0 Å². The molecule has 1 atom stereocenters. The second-order valence-corrected chi connectivity index (χ2v) is 9.84. The SMILES string of the molecule is CCCNC(=O)CCCC(=O)Nc1ccc2c(c1)C(CO)c1cc(NC(=O)CCCC(=O)NCCOC)ccc1-2. The lowest BCUT2D eigenvalue weighted by molar-refractivity contribution is -0.122. The zero-order valence-electron chi connectivity index (χ0n) is 23.3. The first-order valence-electron chi connectivity index (χ1n) is 13.9. The summed E-state index contributed by atoms with van der Waals surface area (Å²) < 4.78 is 4.90. The van der Waals surface area contributed by atoms with Crippen LogP contribution in [-0.4, -0.2) is 62.1 Å². The maximum atomic E-state index is 12.5. The van der Waals surface area contributed by atoms with Gasteiger partial charge in [0.1, 0.15) is 0 Å². The molecule has 0 saturated heterocycles. The van der Waals surface area contributed by atoms with Gasteiger partial charge in [-0.2, -0.15) is 0 Å². The number of anilines is 2. The van der Waals surface area contributed by atoms with Crippen LogP contribution < -0.4 is 21.3 Å². The lowest BCUT2D eigenvalue weighted by Gasteiger charge is -2.13. The quantitative estimate of drug-likeness (QED) is 0.202. The molecule has 10 heteroatoms. The molecule has 40 heavy (non-hydrogen) atoms. The van der Waals surface area contributed by atoms with Crippen LogP contribution in [0.25, 0.3) is 11.1 Å². The van der Waals surface area contributed by atoms with E-state index >= 15 is 0 Å². The van der Waals surface area contributed by atoms with Crippen molar-refractivity contribution in [3.63, 3.8) is 0 Å². The first-order valence-corrected chi connectivity index (χ1v) is 13.9. The zero-order chi connectivity index (χ0) is 28.9. The van der Waals surface area contributed by atoms with Gasteiger partial charge in [-0.05, 0) is 65.8 Å². The minimum Gasteiger partial charge on any atom is -0.395 e. The molecule has 2 aromatic rings. The van der Waals surface area contributed by atoms with Crippen LogP contribution in [0.3, 0.4) is 0 Å². The lowest BCUT2D eigenvalue weighted by Crippen LogP contribution is -2.26. The molecular formula is C30H40N4O6. The molecule has 5 N–H and O–H groups in total. The Labute approximate surface area is 235 Å². The average Bonchev–Trinajstić information content (AvgIpc) is 3.23. The summed E-state index contributed by atoms with van der Waals surface area (Å²) in [4.78, 5) is 48.4. The molecule has 0 heterocycles. The maximum absolute atomic E-state index is 12.5. The van der Waals surface area contributed by atoms with Crippen LogP contribution in [0.5, 0.6) is 0 Å². The Morgan fingerprint density at radius 3 is 1.68 bits per heavy atom. The molecule has 0 spiro atoms. The highest BCUT2D eigenvalue weighted by atomic mass is 16.5. The molecule has 1 aliphatic carbocycles. The number of hydrogen-bond acceptors (Lipinski definition) is 6. The molecule has 1 aliphatic rings. The van der Waals surface area contributed by atoms with E-state index in [1.54, 1.807) is 7.11 Å². The third kappa shape index (κ3) is 8.89. The molecule has 0 bridgehead atoms. The van der Waals surface area contributed by atoms with Gasteiger partial charge in [0.15, 0.2) is 0 Å². The number of carbonyl (C=O) groups excluding carboxylic acids is 4. The van der Waals surface area contributed by atoms with E-state index in [-0.39, 0.29) is 55.4 Å². The maximum Gasteiger partial charge on any atom is 0.224 e. The zero-order valence-corrected chi connectivity index (χ0v) is 23.3. The summed E-state index contributed by atoms with van der Waals surface area (Å²) in [7, 11) is 1.57. The molecule has 3 rings (SSSR count). The topological polar surface area (TPSA) is 146 Å². The van der Waals surface area contributed by atoms with Gasteiger partial charge in [-0.3, -0.25) is 19.2 Å². The monoisotopic (exact) mass is 552 g/mol. The van der Waals surface area contributed by atoms with E-state index in [1.165, 1.54) is 0 Å². The lowest BCUT2D eigenvalue weighted by atomic mass is 9.97. The number of ether oxygens (including phenoxy) is 1. The largest absolute Gasteiger partial charge is 0.395 e. The summed E-state index contributed by atoms with van der Waals surface area (Å²) in [5.74, 6) is -0.814. The summed E-state index contributed by atoms with van der Waals surface area (Å²) >= 11 is 0. The van der Waals surface area contributed by atoms with E-state index in [9.17, 15) is 24.3 Å². The molecule has 216 valence electrons. The summed E-state index contributed by atoms with van der Waals surface area (Å²) in [6.45, 7) is 3.39. The van der Waals surface area contributed by atoms with Gasteiger partial charge in [0.05, 0.1) is 13.2 Å². The number of methoxy groups -OCH3 is 1. The Kier molecular flexibility index (Phi) is 12.1. The minimum absolute atomic E-state index is 0.0487. The number of aliphatic hydroxyl groups is 1. The van der Waals surface area contributed by atoms with Crippen LogP contribution in [0.2, 0.25) is 0 Å². The second kappa shape index (κ2) is 15.7. The van der Waals surface area contributed by atoms with Gasteiger partial charge in [-0.1, -0.05) is 19.1 Å². The average molecular weight is 553 g/mol. The Balaban J connectivity index is 1.55. The molecule has 0 saturated carbocycles. The number of aliphatic hydroxyl groups excluding tert-OH is 1. The summed E-state index contributed by atoms with van der Waals surface area (Å²) in [6.07, 6.45) is 2.79. The van der Waals surface area contributed by atoms with Crippen molar-refractivity contribution in [1.29, 1.82) is 0 Å². The van der Waals surface area contributed by atoms with E-state index in [0.717, 1.165) is 28.7 Å². The molecule has 10 nitrogen and oxygen atoms in total. The van der Waals surface area contributed by atoms with Crippen molar-refractivity contribution in [2.24, 2.45) is 0 Å². The Bertz CT molecular complexity index is 1200. The number of benzene rings is 2. The predicted molar refractivity (Wildman–Crippen MR) is 154 cm³/mol. The van der Waals surface area contributed by atoms with E-state index in [0.29, 0.717) is 50.3 Å². The number of nitrogens with one attached hydrogen (secondary N) is 4. The van der Waals surface area contributed by atoms with Crippen molar-refractivity contribution in [2.45, 2.75) is 57.8 Å². The third-order valence-corrected chi connectivity index (χ3v) is 6.71. The smallest absolute Gasteiger partial charge is 0.224 e. The van der Waals surface area contributed by atoms with Crippen LogP contribution in [0.4, 0.5) is 11.4 Å². The first kappa shape index (κ1) is 30.8. The fourth-order valence-corrected chi connectivity index (χ4v) is 4.71. The van der Waals surface area contributed by atoms with Crippen molar-refractivity contribution in [1.82, 2.24) is 10.6 Å². The number of hydrogen-bond donors (Lipinski definition) is 5. The number of rotatable bonds is 16. The Hall–Kier alpha value is -3.76. The van der Waals surface area contributed by atoms with Gasteiger partial charge >= 0.3 is 0 Å². The predicted octanol–water partition coefficient (Wildman–Crippen LogP) is 3.30. The van der Waals surface area contributed by atoms with Crippen LogP contribution in [-0.2, 0) is 23.9 Å². The highest BCUT2D eigenvalue weighted by Gasteiger charge is 2.29. The molecule has 2 aromatic carbocycles. The number of fused-ring (bicyclic) bond motifs is 3. The van der Waals surface area contributed by atoms with Crippen molar-refractivity contribution in [3.8, 4) is 11.1 Å². The number of amides is 4. The van der Waals surface area contributed by atoms with Gasteiger partial charge in [-0.15, -0.1) is 0 Å². The third-order valence-electron chi connectivity index (χ3n) is 6.71. The van der Waals surface area contributed by atoms with E-state index in [2.05, 4.69) is 21.3 Å². The molecule has 0 radical (unpaired) electrons. The van der Waals surface area contributed by atoms with E-state index in [1.807, 2.05) is 43.3 Å². The van der Waals surface area contributed by atoms with Crippen LogP contribution in [0.15, 0.2) is 36.4 Å². The highest BCUT2D eigenvalue weighted by Crippen LogP contribution is 2.46. The van der Waals surface area contributed by atoms with Crippen molar-refractivity contribution >= 4 is 35.0 Å². The minimum atomic E-state index is -0.295. The standard InChI is InChI=1S/C30H40N4O6/c1-3-14-31-27(36)6-4-8-29(38)33-20-10-12-22-23-13-11-21(18-25(23)26(19-35)24(22)17-20)34-30(39)9-5-7-28(37)32-15-16-40-2/h10-13,17-18,26,35H,3-9,14-16,19H2,1-2H3,(H,31,36)(H,32,37)(H,33,38)(H,34,39). The second-order valence-electron chi connectivity index (χ2n) is 9.84. The van der Waals surface area contributed by atoms with Crippen LogP contribution in [0.1, 0.15) is 68.9 Å². The van der Waals surface area contributed by atoms with Gasteiger partial charge in [-0.25, -0.2) is 0 Å². The molecular weight excluding hydrogens is 512 g/mol. The Morgan fingerprint density at radius 2 is 1.23 bits per heavy atom. The van der Waals surface area contributed by atoms with E-state index in [4.69, 9.17) is 4.74 Å². The molecule has 1 unspecified atom stereocenters. The number of carbonyl (C=O) groups is 4. The van der Waals surface area contributed by atoms with Crippen molar-refractivity contribution in [2.75, 3.05) is 44.0 Å². The van der Waals surface area contributed by atoms with Crippen molar-refractivity contribution < 1.29 is 29.0 Å². The highest BCUT2D eigenvalue weighted by molar-refractivity contribution is 5.94. The van der Waals surface area contributed by atoms with Gasteiger partial charge in [0.2, 0.25) is 23.6 Å². The van der Waals surface area contributed by atoms with Gasteiger partial charge in [0.25, 0.3) is 0 Å². The molecule has 0 fully saturated rings.